The second kappa shape index (κ2) is 3.89. The van der Waals surface area contributed by atoms with E-state index in [4.69, 9.17) is 0 Å². The molecular weight excluding hydrogens is 196 g/mol. The fourth-order valence-electron chi connectivity index (χ4n) is 2.05. The van der Waals surface area contributed by atoms with Gasteiger partial charge in [0.1, 0.15) is 0 Å². The van der Waals surface area contributed by atoms with Crippen LogP contribution in [0, 0.1) is 6.92 Å². The minimum absolute atomic E-state index is 0.968. The minimum atomic E-state index is 0.968. The lowest BCUT2D eigenvalue weighted by atomic mass is 10.0. The number of fused-ring (bicyclic) bond motifs is 1. The van der Waals surface area contributed by atoms with Gasteiger partial charge in [-0.15, -0.1) is 0 Å². The average Bonchev–Trinajstić information content (AvgIpc) is 2.54. The summed E-state index contributed by atoms with van der Waals surface area (Å²) in [5, 5.41) is 0. The maximum Gasteiger partial charge on any atom is 0.0789 e. The summed E-state index contributed by atoms with van der Waals surface area (Å²) in [6, 6.07) is 2.00. The molecule has 1 heterocycles. The topological polar surface area (TPSA) is 25.2 Å². The van der Waals surface area contributed by atoms with Gasteiger partial charge in [0.2, 0.25) is 0 Å². The molecule has 1 aromatic rings. The molecule has 2 nitrogen and oxygen atoms in total. The summed E-state index contributed by atoms with van der Waals surface area (Å²) < 4.78 is 0. The van der Waals surface area contributed by atoms with Gasteiger partial charge in [-0.1, -0.05) is 19.2 Å². The predicted octanol–water partition coefficient (Wildman–Crippen LogP) is 3.06. The zero-order chi connectivity index (χ0) is 11.7. The van der Waals surface area contributed by atoms with Crippen molar-refractivity contribution in [1.29, 1.82) is 0 Å². The number of pyridine rings is 1. The van der Waals surface area contributed by atoms with Crippen molar-refractivity contribution in [3.05, 3.63) is 53.9 Å². The Kier molecular flexibility index (Phi) is 2.57. The standard InChI is InChI=1S/C14H14N2/c1-5-11-12(8-15-4)10(3)13-9(2)6-7-16-14(11)13/h5-8H,1,3H2,2,4H3. The van der Waals surface area contributed by atoms with Gasteiger partial charge in [-0.25, -0.2) is 0 Å². The molecule has 0 atom stereocenters. The molecule has 2 rings (SSSR count). The lowest BCUT2D eigenvalue weighted by Gasteiger charge is -2.04. The Balaban J connectivity index is 2.74. The van der Waals surface area contributed by atoms with E-state index in [2.05, 4.69) is 30.1 Å². The first kappa shape index (κ1) is 10.6. The van der Waals surface area contributed by atoms with Crippen LogP contribution in [0.5, 0.6) is 0 Å². The van der Waals surface area contributed by atoms with Crippen molar-refractivity contribution in [3.63, 3.8) is 0 Å². The van der Waals surface area contributed by atoms with Crippen LogP contribution in [0.3, 0.4) is 0 Å². The van der Waals surface area contributed by atoms with E-state index in [1.165, 1.54) is 5.56 Å². The molecule has 1 aliphatic carbocycles. The van der Waals surface area contributed by atoms with Gasteiger partial charge in [0.25, 0.3) is 0 Å². The van der Waals surface area contributed by atoms with Gasteiger partial charge in [0.15, 0.2) is 0 Å². The Labute approximate surface area is 95.8 Å². The molecule has 0 N–H and O–H groups in total. The van der Waals surface area contributed by atoms with Crippen LogP contribution >= 0.6 is 0 Å². The van der Waals surface area contributed by atoms with Crippen molar-refractivity contribution in [2.45, 2.75) is 6.92 Å². The van der Waals surface area contributed by atoms with Crippen molar-refractivity contribution in [1.82, 2.24) is 4.98 Å². The van der Waals surface area contributed by atoms with Crippen LogP contribution in [0.2, 0.25) is 0 Å². The zero-order valence-corrected chi connectivity index (χ0v) is 9.62. The van der Waals surface area contributed by atoms with Crippen LogP contribution in [0.4, 0.5) is 0 Å². The van der Waals surface area contributed by atoms with Crippen LogP contribution in [0.1, 0.15) is 16.8 Å². The van der Waals surface area contributed by atoms with Crippen molar-refractivity contribution in [3.8, 4) is 0 Å². The Morgan fingerprint density at radius 3 is 2.75 bits per heavy atom. The molecule has 0 unspecified atom stereocenters. The highest BCUT2D eigenvalue weighted by molar-refractivity contribution is 6.15. The summed E-state index contributed by atoms with van der Waals surface area (Å²) in [6.45, 7) is 10.0. The maximum absolute atomic E-state index is 4.40. The summed E-state index contributed by atoms with van der Waals surface area (Å²) >= 11 is 0. The monoisotopic (exact) mass is 210 g/mol. The van der Waals surface area contributed by atoms with Gasteiger partial charge in [0, 0.05) is 36.2 Å². The van der Waals surface area contributed by atoms with Gasteiger partial charge >= 0.3 is 0 Å². The number of nitrogens with zero attached hydrogens (tertiary/aromatic N) is 2. The minimum Gasteiger partial charge on any atom is -0.296 e. The van der Waals surface area contributed by atoms with E-state index in [0.29, 0.717) is 0 Å². The molecule has 1 aromatic heterocycles. The summed E-state index contributed by atoms with van der Waals surface area (Å²) in [4.78, 5) is 8.46. The van der Waals surface area contributed by atoms with Crippen molar-refractivity contribution in [2.75, 3.05) is 7.05 Å². The lowest BCUT2D eigenvalue weighted by Crippen LogP contribution is -1.91. The van der Waals surface area contributed by atoms with Gasteiger partial charge in [0.05, 0.1) is 5.69 Å². The van der Waals surface area contributed by atoms with Gasteiger partial charge in [-0.05, 0) is 24.1 Å². The molecule has 0 bridgehead atoms. The van der Waals surface area contributed by atoms with Gasteiger partial charge < -0.3 is 0 Å². The third-order valence-corrected chi connectivity index (χ3v) is 2.79. The van der Waals surface area contributed by atoms with E-state index in [1.807, 2.05) is 24.6 Å². The zero-order valence-electron chi connectivity index (χ0n) is 9.62. The number of rotatable bonds is 2. The largest absolute Gasteiger partial charge is 0.296 e. The molecule has 0 fully saturated rings. The SMILES string of the molecule is C=CC1=C(C=NC)C(=C)c2c(C)ccnc21. The fraction of sp³-hybridized carbons (Fsp3) is 0.143. The van der Waals surface area contributed by atoms with E-state index in [9.17, 15) is 0 Å². The number of aliphatic imine (C=N–C) groups is 1. The first-order valence-corrected chi connectivity index (χ1v) is 5.15. The van der Waals surface area contributed by atoms with Crippen molar-refractivity contribution >= 4 is 17.4 Å². The fourth-order valence-corrected chi connectivity index (χ4v) is 2.05. The molecule has 0 spiro atoms. The maximum atomic E-state index is 4.40. The molecule has 0 aliphatic heterocycles. The number of hydrogen-bond donors (Lipinski definition) is 0. The van der Waals surface area contributed by atoms with Crippen LogP contribution in [0.25, 0.3) is 11.1 Å². The number of allylic oxidation sites excluding steroid dienone is 4. The van der Waals surface area contributed by atoms with E-state index in [1.54, 1.807) is 7.05 Å². The first-order valence-electron chi connectivity index (χ1n) is 5.15. The lowest BCUT2D eigenvalue weighted by molar-refractivity contribution is 1.24. The second-order valence-electron chi connectivity index (χ2n) is 3.75. The Morgan fingerprint density at radius 2 is 2.12 bits per heavy atom. The molecule has 0 aromatic carbocycles. The molecule has 0 saturated heterocycles. The molecule has 0 radical (unpaired) electrons. The molecule has 0 saturated carbocycles. The van der Waals surface area contributed by atoms with Crippen LogP contribution in [-0.4, -0.2) is 18.2 Å². The summed E-state index contributed by atoms with van der Waals surface area (Å²) in [5.41, 5.74) is 6.31. The van der Waals surface area contributed by atoms with E-state index in [-0.39, 0.29) is 0 Å². The number of hydrogen-bond acceptors (Lipinski definition) is 2. The summed E-state index contributed by atoms with van der Waals surface area (Å²) in [6.07, 6.45) is 5.46. The third-order valence-electron chi connectivity index (χ3n) is 2.79. The van der Waals surface area contributed by atoms with E-state index in [0.717, 1.165) is 28.0 Å². The second-order valence-corrected chi connectivity index (χ2v) is 3.75. The highest BCUT2D eigenvalue weighted by Gasteiger charge is 2.24. The van der Waals surface area contributed by atoms with E-state index >= 15 is 0 Å². The molecule has 80 valence electrons. The van der Waals surface area contributed by atoms with Crippen LogP contribution in [-0.2, 0) is 0 Å². The third kappa shape index (κ3) is 1.34. The number of aromatic nitrogens is 1. The van der Waals surface area contributed by atoms with Crippen LogP contribution < -0.4 is 0 Å². The van der Waals surface area contributed by atoms with Gasteiger partial charge in [-0.2, -0.15) is 0 Å². The summed E-state index contributed by atoms with van der Waals surface area (Å²) in [7, 11) is 1.75. The molecule has 1 aliphatic rings. The molecule has 2 heteroatoms. The van der Waals surface area contributed by atoms with Crippen molar-refractivity contribution in [2.24, 2.45) is 4.99 Å². The van der Waals surface area contributed by atoms with Crippen molar-refractivity contribution < 1.29 is 0 Å². The molecular formula is C14H14N2. The molecule has 0 amide bonds. The molecule has 16 heavy (non-hydrogen) atoms. The smallest absolute Gasteiger partial charge is 0.0789 e. The normalized spacial score (nSPS) is 14.8. The highest BCUT2D eigenvalue weighted by Crippen LogP contribution is 2.40. The summed E-state index contributed by atoms with van der Waals surface area (Å²) in [5.74, 6) is 0. The average molecular weight is 210 g/mol. The van der Waals surface area contributed by atoms with Crippen LogP contribution in [0.15, 0.2) is 42.1 Å². The predicted molar refractivity (Wildman–Crippen MR) is 69.5 cm³/mol. The first-order chi connectivity index (χ1) is 7.70. The Morgan fingerprint density at radius 1 is 1.38 bits per heavy atom. The van der Waals surface area contributed by atoms with E-state index < -0.39 is 0 Å². The Bertz CT molecular complexity index is 534. The highest BCUT2D eigenvalue weighted by atomic mass is 14.7. The quantitative estimate of drug-likeness (QED) is 0.689. The Hall–Kier alpha value is -1.96. The van der Waals surface area contributed by atoms with Gasteiger partial charge in [-0.3, -0.25) is 9.98 Å². The number of aryl methyl sites for hydroxylation is 1.